The maximum Gasteiger partial charge on any atom is 0.252 e. The summed E-state index contributed by atoms with van der Waals surface area (Å²) < 4.78 is 11.6. The molecule has 2 fully saturated rings. The molecular weight excluding hydrogens is 578 g/mol. The van der Waals surface area contributed by atoms with Crippen LogP contribution in [-0.2, 0) is 4.79 Å². The van der Waals surface area contributed by atoms with Gasteiger partial charge in [0.25, 0.3) is 5.91 Å². The molecule has 1 aromatic heterocycles. The summed E-state index contributed by atoms with van der Waals surface area (Å²) >= 11 is 0. The molecule has 2 aromatic carbocycles. The number of hydrogen-bond acceptors (Lipinski definition) is 7. The van der Waals surface area contributed by atoms with Gasteiger partial charge in [-0.2, -0.15) is 9.97 Å². The molecule has 2 heterocycles. The lowest BCUT2D eigenvalue weighted by Crippen LogP contribution is -2.45. The third kappa shape index (κ3) is 8.12. The van der Waals surface area contributed by atoms with E-state index in [9.17, 15) is 9.59 Å². The number of aromatic nitrogens is 2. The highest BCUT2D eigenvalue weighted by atomic mass is 16.5. The second-order valence-electron chi connectivity index (χ2n) is 12.0. The van der Waals surface area contributed by atoms with E-state index in [0.29, 0.717) is 42.8 Å². The highest BCUT2D eigenvalue weighted by Gasteiger charge is 2.34. The molecule has 3 aromatic rings. The zero-order valence-electron chi connectivity index (χ0n) is 27.2. The van der Waals surface area contributed by atoms with Crippen LogP contribution < -0.4 is 19.7 Å². The molecule has 0 spiro atoms. The predicted molar refractivity (Wildman–Crippen MR) is 182 cm³/mol. The van der Waals surface area contributed by atoms with Crippen molar-refractivity contribution in [3.05, 3.63) is 72.6 Å². The van der Waals surface area contributed by atoms with Gasteiger partial charge in [0.15, 0.2) is 5.69 Å². The van der Waals surface area contributed by atoms with Crippen molar-refractivity contribution in [3.8, 4) is 22.9 Å². The molecule has 9 nitrogen and oxygen atoms in total. The minimum absolute atomic E-state index is 0.0270. The summed E-state index contributed by atoms with van der Waals surface area (Å²) in [4.78, 5) is 39.9. The average molecular weight is 626 g/mol. The number of amides is 2. The van der Waals surface area contributed by atoms with Gasteiger partial charge in [-0.25, -0.2) is 0 Å². The van der Waals surface area contributed by atoms with Crippen LogP contribution in [0.5, 0.6) is 11.8 Å². The number of carbonyl (C=O) groups is 2. The van der Waals surface area contributed by atoms with E-state index in [-0.39, 0.29) is 23.8 Å². The van der Waals surface area contributed by atoms with Crippen molar-refractivity contribution < 1.29 is 19.1 Å². The Morgan fingerprint density at radius 2 is 1.63 bits per heavy atom. The molecule has 9 heteroatoms. The molecule has 0 unspecified atom stereocenters. The predicted octanol–water partition coefficient (Wildman–Crippen LogP) is 6.39. The van der Waals surface area contributed by atoms with Crippen molar-refractivity contribution in [2.45, 2.75) is 64.8 Å². The monoisotopic (exact) mass is 625 g/mol. The summed E-state index contributed by atoms with van der Waals surface area (Å²) in [6, 6.07) is 16.0. The molecule has 1 saturated heterocycles. The van der Waals surface area contributed by atoms with Gasteiger partial charge in [-0.3, -0.25) is 9.59 Å². The third-order valence-electron chi connectivity index (χ3n) is 8.97. The lowest BCUT2D eigenvalue weighted by atomic mass is 9.84. The number of anilines is 1. The number of rotatable bonds is 15. The van der Waals surface area contributed by atoms with Gasteiger partial charge in [-0.1, -0.05) is 61.5 Å². The quantitative estimate of drug-likeness (QED) is 0.196. The van der Waals surface area contributed by atoms with Gasteiger partial charge < -0.3 is 24.6 Å². The molecular formula is C37H47N5O4. The van der Waals surface area contributed by atoms with E-state index in [1.807, 2.05) is 73.4 Å². The van der Waals surface area contributed by atoms with E-state index in [4.69, 9.17) is 9.47 Å². The fraction of sp³-hybridized carbons (Fsp3) is 0.459. The molecule has 1 saturated carbocycles. The van der Waals surface area contributed by atoms with Gasteiger partial charge in [-0.15, -0.1) is 0 Å². The maximum atomic E-state index is 13.6. The van der Waals surface area contributed by atoms with Crippen molar-refractivity contribution >= 4 is 23.6 Å². The van der Waals surface area contributed by atoms with E-state index < -0.39 is 0 Å². The second-order valence-corrected chi connectivity index (χ2v) is 12.0. The number of unbranched alkanes of at least 4 members (excludes halogenated alkanes) is 1. The number of likely N-dealkylation sites (tertiary alicyclic amines) is 1. The summed E-state index contributed by atoms with van der Waals surface area (Å²) in [7, 11) is 0. The second kappa shape index (κ2) is 16.4. The first-order valence-electron chi connectivity index (χ1n) is 16.8. The zero-order chi connectivity index (χ0) is 32.3. The Balaban J connectivity index is 1.13. The van der Waals surface area contributed by atoms with E-state index in [2.05, 4.69) is 26.8 Å². The Morgan fingerprint density at radius 1 is 0.957 bits per heavy atom. The van der Waals surface area contributed by atoms with Crippen LogP contribution in [0, 0.1) is 5.92 Å². The van der Waals surface area contributed by atoms with Crippen LogP contribution in [0.2, 0.25) is 0 Å². The van der Waals surface area contributed by atoms with Crippen LogP contribution in [0.4, 0.5) is 5.69 Å². The van der Waals surface area contributed by atoms with Gasteiger partial charge in [0.05, 0.1) is 13.2 Å². The molecule has 2 amide bonds. The van der Waals surface area contributed by atoms with Crippen molar-refractivity contribution in [2.24, 2.45) is 5.92 Å². The molecule has 5 rings (SSSR count). The minimum atomic E-state index is -0.0270. The molecule has 244 valence electrons. The summed E-state index contributed by atoms with van der Waals surface area (Å²) in [5.74, 6) is 0.899. The fourth-order valence-corrected chi connectivity index (χ4v) is 6.17. The van der Waals surface area contributed by atoms with Gasteiger partial charge >= 0.3 is 0 Å². The number of nitrogens with zero attached hydrogens (tertiary/aromatic N) is 4. The smallest absolute Gasteiger partial charge is 0.252 e. The summed E-state index contributed by atoms with van der Waals surface area (Å²) in [5.41, 5.74) is 4.24. The van der Waals surface area contributed by atoms with Gasteiger partial charge in [0.1, 0.15) is 6.33 Å². The molecule has 2 aliphatic rings. The van der Waals surface area contributed by atoms with E-state index in [0.717, 1.165) is 81.3 Å². The largest absolute Gasteiger partial charge is 0.476 e. The van der Waals surface area contributed by atoms with Crippen LogP contribution in [0.3, 0.4) is 0 Å². The molecule has 1 aliphatic heterocycles. The van der Waals surface area contributed by atoms with E-state index in [1.165, 1.54) is 6.33 Å². The van der Waals surface area contributed by atoms with Crippen molar-refractivity contribution in [1.82, 2.24) is 20.2 Å². The lowest BCUT2D eigenvalue weighted by Gasteiger charge is -2.34. The molecule has 0 bridgehead atoms. The van der Waals surface area contributed by atoms with Crippen LogP contribution >= 0.6 is 0 Å². The minimum Gasteiger partial charge on any atom is -0.476 e. The third-order valence-corrected chi connectivity index (χ3v) is 8.97. The van der Waals surface area contributed by atoms with Crippen molar-refractivity contribution in [3.63, 3.8) is 0 Å². The van der Waals surface area contributed by atoms with E-state index in [1.54, 1.807) is 0 Å². The van der Waals surface area contributed by atoms with E-state index >= 15 is 0 Å². The van der Waals surface area contributed by atoms with Crippen LogP contribution in [0.15, 0.2) is 61.4 Å². The van der Waals surface area contributed by atoms with Gasteiger partial charge in [-0.05, 0) is 81.7 Å². The molecule has 1 N–H and O–H groups in total. The maximum absolute atomic E-state index is 13.6. The number of piperidine rings is 1. The van der Waals surface area contributed by atoms with Crippen LogP contribution in [0.25, 0.3) is 17.2 Å². The molecule has 1 aliphatic carbocycles. The summed E-state index contributed by atoms with van der Waals surface area (Å²) in [6.07, 6.45) is 9.76. The zero-order valence-corrected chi connectivity index (χ0v) is 27.2. The average Bonchev–Trinajstić information content (AvgIpc) is 3.05. The number of hydrogen-bond donors (Lipinski definition) is 1. The SMILES string of the molecule is C=Cc1ccc(-c2ccccc2C(=O)NC2CCN(CCCCN(C(=O)C3CCC3)c3c(OCC)ncnc3OCC)CC2)cc1. The Morgan fingerprint density at radius 3 is 2.24 bits per heavy atom. The molecule has 46 heavy (non-hydrogen) atoms. The van der Waals surface area contributed by atoms with Gasteiger partial charge in [0, 0.05) is 37.2 Å². The molecule has 0 atom stereocenters. The van der Waals surface area contributed by atoms with Crippen molar-refractivity contribution in [1.29, 1.82) is 0 Å². The lowest BCUT2D eigenvalue weighted by molar-refractivity contribution is -0.124. The first-order chi connectivity index (χ1) is 22.5. The number of carbonyl (C=O) groups excluding carboxylic acids is 2. The fourth-order valence-electron chi connectivity index (χ4n) is 6.17. The number of nitrogens with one attached hydrogen (secondary N) is 1. The first kappa shape index (κ1) is 33.1. The Hall–Kier alpha value is -4.24. The topological polar surface area (TPSA) is 96.9 Å². The van der Waals surface area contributed by atoms with Crippen molar-refractivity contribution in [2.75, 3.05) is 44.3 Å². The first-order valence-corrected chi connectivity index (χ1v) is 16.8. The standard InChI is InChI=1S/C37H47N5O4/c1-4-27-16-18-28(19-17-27)31-14-7-8-15-32(31)34(43)40-30-20-24-41(25-21-30)22-9-10-23-42(37(44)29-12-11-13-29)33-35(45-5-2)38-26-39-36(33)46-6-3/h4,7-8,14-19,26,29-30H,1,5-6,9-13,20-25H2,2-3H3,(H,40,43). The Kier molecular flexibility index (Phi) is 11.8. The normalized spacial score (nSPS) is 15.5. The Labute approximate surface area is 273 Å². The highest BCUT2D eigenvalue weighted by molar-refractivity contribution is 6.01. The summed E-state index contributed by atoms with van der Waals surface area (Å²) in [5, 5.41) is 3.29. The van der Waals surface area contributed by atoms with Crippen LogP contribution in [0.1, 0.15) is 74.7 Å². The van der Waals surface area contributed by atoms with Gasteiger partial charge in [0.2, 0.25) is 17.7 Å². The highest BCUT2D eigenvalue weighted by Crippen LogP contribution is 2.38. The number of benzene rings is 2. The number of ether oxygens (including phenoxy) is 2. The summed E-state index contributed by atoms with van der Waals surface area (Å²) in [6.45, 7) is 11.9. The Bertz CT molecular complexity index is 1440. The van der Waals surface area contributed by atoms with Crippen LogP contribution in [-0.4, -0.2) is 72.1 Å². The molecule has 0 radical (unpaired) electrons.